The van der Waals surface area contributed by atoms with Crippen LogP contribution in [0.5, 0.6) is 0 Å². The van der Waals surface area contributed by atoms with E-state index in [1.165, 1.54) is 0 Å². The summed E-state index contributed by atoms with van der Waals surface area (Å²) in [5.74, 6) is -0.570. The van der Waals surface area contributed by atoms with Crippen molar-refractivity contribution >= 4 is 50.7 Å². The van der Waals surface area contributed by atoms with Gasteiger partial charge in [0.25, 0.3) is 0 Å². The number of hydrogen-bond acceptors (Lipinski definition) is 2. The number of carbonyl (C=O) groups is 2. The van der Waals surface area contributed by atoms with Crippen LogP contribution < -0.4 is 10.2 Å². The first kappa shape index (κ1) is 18.9. The molecule has 26 heavy (non-hydrogen) atoms. The molecule has 0 radical (unpaired) electrons. The summed E-state index contributed by atoms with van der Waals surface area (Å²) in [4.78, 5) is 26.9. The van der Waals surface area contributed by atoms with Crippen LogP contribution >= 0.6 is 27.5 Å². The van der Waals surface area contributed by atoms with Crippen molar-refractivity contribution in [1.82, 2.24) is 0 Å². The third-order valence-corrected chi connectivity index (χ3v) is 6.11. The van der Waals surface area contributed by atoms with Crippen molar-refractivity contribution in [3.63, 3.8) is 0 Å². The van der Waals surface area contributed by atoms with E-state index < -0.39 is 0 Å². The molecular weight excluding hydrogens is 416 g/mol. The smallest absolute Gasteiger partial charge is 0.229 e. The largest absolute Gasteiger partial charge is 0.325 e. The van der Waals surface area contributed by atoms with E-state index in [0.717, 1.165) is 26.9 Å². The van der Waals surface area contributed by atoms with E-state index in [1.807, 2.05) is 45.0 Å². The molecule has 3 rings (SSSR count). The second kappa shape index (κ2) is 7.41. The molecule has 1 atom stereocenters. The summed E-state index contributed by atoms with van der Waals surface area (Å²) in [7, 11) is 0. The van der Waals surface area contributed by atoms with Crippen LogP contribution in [0.25, 0.3) is 0 Å². The molecule has 1 fully saturated rings. The van der Waals surface area contributed by atoms with Crippen LogP contribution in [0, 0.1) is 26.7 Å². The maximum Gasteiger partial charge on any atom is 0.229 e. The summed E-state index contributed by atoms with van der Waals surface area (Å²) < 4.78 is 0.784. The molecule has 2 aromatic carbocycles. The molecule has 1 saturated heterocycles. The lowest BCUT2D eigenvalue weighted by molar-refractivity contribution is -0.122. The van der Waals surface area contributed by atoms with Gasteiger partial charge in [-0.05, 0) is 66.0 Å². The molecule has 1 N–H and O–H groups in total. The van der Waals surface area contributed by atoms with Gasteiger partial charge in [0.05, 0.1) is 10.9 Å². The van der Waals surface area contributed by atoms with E-state index >= 15 is 0 Å². The maximum absolute atomic E-state index is 12.7. The lowest BCUT2D eigenvalue weighted by Gasteiger charge is -2.19. The molecular formula is C20H20BrClN2O2. The number of anilines is 2. The van der Waals surface area contributed by atoms with Crippen molar-refractivity contribution in [2.24, 2.45) is 5.92 Å². The average molecular weight is 436 g/mol. The Labute approximate surface area is 166 Å². The Morgan fingerprint density at radius 3 is 2.65 bits per heavy atom. The first-order chi connectivity index (χ1) is 12.3. The zero-order valence-electron chi connectivity index (χ0n) is 14.9. The SMILES string of the molecule is Cc1ccc(N2C[C@@H](C(=O)Nc3ccc(Br)c(Cl)c3C)CC2=O)c(C)c1. The molecule has 2 amide bonds. The molecule has 0 aromatic heterocycles. The van der Waals surface area contributed by atoms with Crippen molar-refractivity contribution in [3.8, 4) is 0 Å². The minimum atomic E-state index is -0.384. The minimum absolute atomic E-state index is 0.0253. The van der Waals surface area contributed by atoms with Gasteiger partial charge in [0.1, 0.15) is 0 Å². The van der Waals surface area contributed by atoms with Gasteiger partial charge in [0.2, 0.25) is 11.8 Å². The van der Waals surface area contributed by atoms with Gasteiger partial charge in [-0.1, -0.05) is 29.3 Å². The van der Waals surface area contributed by atoms with Crippen LogP contribution in [0.15, 0.2) is 34.8 Å². The summed E-state index contributed by atoms with van der Waals surface area (Å²) >= 11 is 9.59. The summed E-state index contributed by atoms with van der Waals surface area (Å²) in [6.45, 7) is 6.24. The highest BCUT2D eigenvalue weighted by molar-refractivity contribution is 9.10. The Balaban J connectivity index is 1.76. The van der Waals surface area contributed by atoms with E-state index in [-0.39, 0.29) is 24.2 Å². The highest BCUT2D eigenvalue weighted by Crippen LogP contribution is 2.33. The number of halogens is 2. The number of benzene rings is 2. The van der Waals surface area contributed by atoms with Gasteiger partial charge >= 0.3 is 0 Å². The summed E-state index contributed by atoms with van der Waals surface area (Å²) in [5.41, 5.74) is 4.52. The van der Waals surface area contributed by atoms with E-state index in [2.05, 4.69) is 21.2 Å². The van der Waals surface area contributed by atoms with E-state index in [0.29, 0.717) is 17.3 Å². The molecule has 0 unspecified atom stereocenters. The molecule has 0 saturated carbocycles. The molecule has 136 valence electrons. The minimum Gasteiger partial charge on any atom is -0.325 e. The van der Waals surface area contributed by atoms with Gasteiger partial charge in [-0.2, -0.15) is 0 Å². The van der Waals surface area contributed by atoms with Crippen molar-refractivity contribution in [1.29, 1.82) is 0 Å². The van der Waals surface area contributed by atoms with Crippen LogP contribution in [0.4, 0.5) is 11.4 Å². The molecule has 1 aliphatic rings. The van der Waals surface area contributed by atoms with Crippen LogP contribution in [-0.2, 0) is 9.59 Å². The molecule has 0 bridgehead atoms. The van der Waals surface area contributed by atoms with Crippen molar-refractivity contribution < 1.29 is 9.59 Å². The van der Waals surface area contributed by atoms with Gasteiger partial charge in [-0.15, -0.1) is 0 Å². The van der Waals surface area contributed by atoms with Crippen LogP contribution in [-0.4, -0.2) is 18.4 Å². The highest BCUT2D eigenvalue weighted by atomic mass is 79.9. The first-order valence-corrected chi connectivity index (χ1v) is 9.58. The predicted octanol–water partition coefficient (Wildman–Crippen LogP) is 5.02. The van der Waals surface area contributed by atoms with Gasteiger partial charge in [-0.25, -0.2) is 0 Å². The average Bonchev–Trinajstić information content (AvgIpc) is 2.97. The van der Waals surface area contributed by atoms with Crippen LogP contribution in [0.2, 0.25) is 5.02 Å². The maximum atomic E-state index is 12.7. The highest BCUT2D eigenvalue weighted by Gasteiger charge is 2.35. The molecule has 4 nitrogen and oxygen atoms in total. The summed E-state index contributed by atoms with van der Waals surface area (Å²) in [5, 5.41) is 3.48. The number of aryl methyl sites for hydroxylation is 2. The Hall–Kier alpha value is -1.85. The Kier molecular flexibility index (Phi) is 5.39. The Morgan fingerprint density at radius 2 is 1.96 bits per heavy atom. The third kappa shape index (κ3) is 3.64. The van der Waals surface area contributed by atoms with Gasteiger partial charge < -0.3 is 10.2 Å². The quantitative estimate of drug-likeness (QED) is 0.736. The van der Waals surface area contributed by atoms with Gasteiger partial charge in [-0.3, -0.25) is 9.59 Å². The van der Waals surface area contributed by atoms with Gasteiger partial charge in [0.15, 0.2) is 0 Å². The van der Waals surface area contributed by atoms with E-state index in [9.17, 15) is 9.59 Å². The zero-order chi connectivity index (χ0) is 19.0. The lowest BCUT2D eigenvalue weighted by Crippen LogP contribution is -2.28. The standard InChI is InChI=1S/C20H20BrClN2O2/c1-11-4-7-17(12(2)8-11)24-10-14(9-18(24)25)20(26)23-16-6-5-15(21)19(22)13(16)3/h4-8,14H,9-10H2,1-3H3,(H,23,26)/t14-/m0/s1. The molecule has 0 spiro atoms. The third-order valence-electron chi connectivity index (χ3n) is 4.74. The molecule has 2 aromatic rings. The summed E-state index contributed by atoms with van der Waals surface area (Å²) in [6.07, 6.45) is 0.211. The topological polar surface area (TPSA) is 49.4 Å². The van der Waals surface area contributed by atoms with Crippen molar-refractivity contribution in [2.45, 2.75) is 27.2 Å². The second-order valence-electron chi connectivity index (χ2n) is 6.72. The normalized spacial score (nSPS) is 16.9. The van der Waals surface area contributed by atoms with E-state index in [1.54, 1.807) is 11.0 Å². The second-order valence-corrected chi connectivity index (χ2v) is 7.95. The predicted molar refractivity (Wildman–Crippen MR) is 109 cm³/mol. The fraction of sp³-hybridized carbons (Fsp3) is 0.300. The van der Waals surface area contributed by atoms with Crippen molar-refractivity contribution in [3.05, 3.63) is 56.5 Å². The Morgan fingerprint density at radius 1 is 1.23 bits per heavy atom. The number of nitrogens with zero attached hydrogens (tertiary/aromatic N) is 1. The fourth-order valence-electron chi connectivity index (χ4n) is 3.25. The molecule has 6 heteroatoms. The van der Waals surface area contributed by atoms with Crippen molar-refractivity contribution in [2.75, 3.05) is 16.8 Å². The summed E-state index contributed by atoms with van der Waals surface area (Å²) in [6, 6.07) is 9.58. The molecule has 1 aliphatic heterocycles. The lowest BCUT2D eigenvalue weighted by atomic mass is 10.1. The van der Waals surface area contributed by atoms with Crippen LogP contribution in [0.1, 0.15) is 23.1 Å². The number of nitrogens with one attached hydrogen (secondary N) is 1. The van der Waals surface area contributed by atoms with Gasteiger partial charge in [0, 0.05) is 28.8 Å². The molecule has 0 aliphatic carbocycles. The number of rotatable bonds is 3. The molecule has 1 heterocycles. The zero-order valence-corrected chi connectivity index (χ0v) is 17.2. The van der Waals surface area contributed by atoms with E-state index in [4.69, 9.17) is 11.6 Å². The monoisotopic (exact) mass is 434 g/mol. The Bertz CT molecular complexity index is 898. The number of hydrogen-bond donors (Lipinski definition) is 1. The first-order valence-electron chi connectivity index (χ1n) is 8.41. The number of carbonyl (C=O) groups excluding carboxylic acids is 2. The number of amides is 2. The van der Waals surface area contributed by atoms with Crippen LogP contribution in [0.3, 0.4) is 0 Å². The fourth-order valence-corrected chi connectivity index (χ4v) is 3.84.